The summed E-state index contributed by atoms with van der Waals surface area (Å²) in [5.74, 6) is 0.0581. The van der Waals surface area contributed by atoms with Crippen LogP contribution in [0.5, 0.6) is 0 Å². The maximum absolute atomic E-state index is 11.1. The maximum Gasteiger partial charge on any atom is 0.240 e. The largest absolute Gasteiger partial charge is 0.308 e. The molecule has 4 nitrogen and oxygen atoms in total. The van der Waals surface area contributed by atoms with E-state index in [1.54, 1.807) is 29.1 Å². The van der Waals surface area contributed by atoms with Crippen molar-refractivity contribution in [3.05, 3.63) is 46.1 Å². The molecule has 0 saturated heterocycles. The fraction of sp³-hybridized carbons (Fsp3) is 0.167. The van der Waals surface area contributed by atoms with Crippen molar-refractivity contribution in [2.45, 2.75) is 6.54 Å². The summed E-state index contributed by atoms with van der Waals surface area (Å²) in [4.78, 5) is 11.1. The second kappa shape index (κ2) is 6.28. The van der Waals surface area contributed by atoms with E-state index in [9.17, 15) is 4.79 Å². The standard InChI is InChI=1S/C12H10Cl3N3O/c13-6-12(19)16-11-3-4-18(17-11)7-8-1-2-9(14)5-10(8)15/h1-5H,6-7H2,(H,16,17,19). The highest BCUT2D eigenvalue weighted by molar-refractivity contribution is 6.35. The van der Waals surface area contributed by atoms with Gasteiger partial charge in [0.1, 0.15) is 5.88 Å². The highest BCUT2D eigenvalue weighted by Crippen LogP contribution is 2.21. The molecule has 2 aromatic rings. The Hall–Kier alpha value is -1.23. The minimum absolute atomic E-state index is 0.101. The van der Waals surface area contributed by atoms with Crippen molar-refractivity contribution in [3.63, 3.8) is 0 Å². The van der Waals surface area contributed by atoms with Crippen LogP contribution in [0.15, 0.2) is 30.5 Å². The molecule has 0 saturated carbocycles. The molecule has 1 amide bonds. The van der Waals surface area contributed by atoms with Gasteiger partial charge in [0.15, 0.2) is 5.82 Å². The van der Waals surface area contributed by atoms with Gasteiger partial charge in [-0.25, -0.2) is 0 Å². The Morgan fingerprint density at radius 2 is 2.11 bits per heavy atom. The summed E-state index contributed by atoms with van der Waals surface area (Å²) in [7, 11) is 0. The van der Waals surface area contributed by atoms with Crippen LogP contribution in [0.4, 0.5) is 5.82 Å². The van der Waals surface area contributed by atoms with Gasteiger partial charge in [0, 0.05) is 22.3 Å². The van der Waals surface area contributed by atoms with Crippen molar-refractivity contribution in [2.75, 3.05) is 11.2 Å². The lowest BCUT2D eigenvalue weighted by Crippen LogP contribution is -2.13. The van der Waals surface area contributed by atoms with Gasteiger partial charge < -0.3 is 5.32 Å². The topological polar surface area (TPSA) is 46.9 Å². The number of halogens is 3. The Bertz CT molecular complexity index is 598. The van der Waals surface area contributed by atoms with Crippen LogP contribution in [0.1, 0.15) is 5.56 Å². The van der Waals surface area contributed by atoms with Gasteiger partial charge >= 0.3 is 0 Å². The number of nitrogens with one attached hydrogen (secondary N) is 1. The number of aromatic nitrogens is 2. The number of carbonyl (C=O) groups is 1. The van der Waals surface area contributed by atoms with E-state index >= 15 is 0 Å². The van der Waals surface area contributed by atoms with Crippen LogP contribution >= 0.6 is 34.8 Å². The molecule has 1 aromatic heterocycles. The third-order valence-electron chi connectivity index (χ3n) is 2.38. The molecule has 0 aliphatic rings. The summed E-state index contributed by atoms with van der Waals surface area (Å²) >= 11 is 17.3. The smallest absolute Gasteiger partial charge is 0.240 e. The second-order valence-corrected chi connectivity index (χ2v) is 4.93. The number of carbonyl (C=O) groups excluding carboxylic acids is 1. The quantitative estimate of drug-likeness (QED) is 0.878. The Labute approximate surface area is 125 Å². The van der Waals surface area contributed by atoms with E-state index in [-0.39, 0.29) is 11.8 Å². The average molecular weight is 319 g/mol. The molecule has 1 N–H and O–H groups in total. The van der Waals surface area contributed by atoms with E-state index in [1.165, 1.54) is 0 Å². The number of alkyl halides is 1. The van der Waals surface area contributed by atoms with Gasteiger partial charge in [-0.05, 0) is 17.7 Å². The zero-order valence-corrected chi connectivity index (χ0v) is 12.0. The molecule has 1 heterocycles. The molecule has 0 unspecified atom stereocenters. The van der Waals surface area contributed by atoms with Gasteiger partial charge in [-0.1, -0.05) is 29.3 Å². The highest BCUT2D eigenvalue weighted by atomic mass is 35.5. The molecule has 0 atom stereocenters. The zero-order valence-electron chi connectivity index (χ0n) is 9.74. The number of rotatable bonds is 4. The minimum Gasteiger partial charge on any atom is -0.308 e. The Balaban J connectivity index is 2.09. The molecular weight excluding hydrogens is 309 g/mol. The van der Waals surface area contributed by atoms with Crippen LogP contribution in [0.3, 0.4) is 0 Å². The number of benzene rings is 1. The normalized spacial score (nSPS) is 10.5. The van der Waals surface area contributed by atoms with E-state index in [2.05, 4.69) is 10.4 Å². The van der Waals surface area contributed by atoms with Crippen LogP contribution in [0.2, 0.25) is 10.0 Å². The minimum atomic E-state index is -0.295. The van der Waals surface area contributed by atoms with Crippen molar-refractivity contribution in [3.8, 4) is 0 Å². The fourth-order valence-corrected chi connectivity index (χ4v) is 2.05. The van der Waals surface area contributed by atoms with Gasteiger partial charge in [0.25, 0.3) is 0 Å². The van der Waals surface area contributed by atoms with E-state index in [0.717, 1.165) is 5.56 Å². The summed E-state index contributed by atoms with van der Waals surface area (Å²) in [6, 6.07) is 6.97. The van der Waals surface area contributed by atoms with Crippen molar-refractivity contribution >= 4 is 46.5 Å². The average Bonchev–Trinajstić information content (AvgIpc) is 2.80. The molecular formula is C12H10Cl3N3O. The molecule has 0 aliphatic heterocycles. The first-order valence-corrected chi connectivity index (χ1v) is 6.70. The van der Waals surface area contributed by atoms with E-state index in [4.69, 9.17) is 34.8 Å². The van der Waals surface area contributed by atoms with Crippen LogP contribution in [0, 0.1) is 0 Å². The summed E-state index contributed by atoms with van der Waals surface area (Å²) in [5, 5.41) is 7.92. The number of nitrogens with zero attached hydrogens (tertiary/aromatic N) is 2. The maximum atomic E-state index is 11.1. The first-order valence-electron chi connectivity index (χ1n) is 5.41. The Morgan fingerprint density at radius 3 is 2.79 bits per heavy atom. The Morgan fingerprint density at radius 1 is 1.32 bits per heavy atom. The van der Waals surface area contributed by atoms with Gasteiger partial charge in [0.2, 0.25) is 5.91 Å². The SMILES string of the molecule is O=C(CCl)Nc1ccn(Cc2ccc(Cl)cc2Cl)n1. The number of hydrogen-bond acceptors (Lipinski definition) is 2. The Kier molecular flexibility index (Phi) is 4.69. The number of anilines is 1. The van der Waals surface area contributed by atoms with Gasteiger partial charge in [0.05, 0.1) is 6.54 Å². The summed E-state index contributed by atoms with van der Waals surface area (Å²) in [6.45, 7) is 0.493. The molecule has 0 fully saturated rings. The molecule has 0 radical (unpaired) electrons. The number of amides is 1. The number of hydrogen-bond donors (Lipinski definition) is 1. The van der Waals surface area contributed by atoms with Crippen LogP contribution < -0.4 is 5.32 Å². The van der Waals surface area contributed by atoms with Gasteiger partial charge in [-0.2, -0.15) is 5.10 Å². The molecule has 0 spiro atoms. The lowest BCUT2D eigenvalue weighted by atomic mass is 10.2. The van der Waals surface area contributed by atoms with Crippen molar-refractivity contribution in [1.29, 1.82) is 0 Å². The molecule has 7 heteroatoms. The third kappa shape index (κ3) is 3.86. The van der Waals surface area contributed by atoms with E-state index in [0.29, 0.717) is 22.4 Å². The fourth-order valence-electron chi connectivity index (χ4n) is 1.52. The van der Waals surface area contributed by atoms with E-state index in [1.807, 2.05) is 6.07 Å². The molecule has 2 rings (SSSR count). The monoisotopic (exact) mass is 317 g/mol. The molecule has 0 aliphatic carbocycles. The summed E-state index contributed by atoms with van der Waals surface area (Å²) in [6.07, 6.45) is 1.74. The molecule has 100 valence electrons. The van der Waals surface area contributed by atoms with Crippen LogP contribution in [0.25, 0.3) is 0 Å². The lowest BCUT2D eigenvalue weighted by molar-refractivity contribution is -0.113. The highest BCUT2D eigenvalue weighted by Gasteiger charge is 2.06. The zero-order chi connectivity index (χ0) is 13.8. The molecule has 1 aromatic carbocycles. The predicted octanol–water partition coefficient (Wildman–Crippen LogP) is 3.42. The van der Waals surface area contributed by atoms with Crippen LogP contribution in [-0.2, 0) is 11.3 Å². The van der Waals surface area contributed by atoms with Crippen LogP contribution in [-0.4, -0.2) is 21.6 Å². The van der Waals surface area contributed by atoms with Gasteiger partial charge in [-0.3, -0.25) is 9.48 Å². The first-order chi connectivity index (χ1) is 9.08. The first kappa shape index (κ1) is 14.2. The second-order valence-electron chi connectivity index (χ2n) is 3.82. The molecule has 19 heavy (non-hydrogen) atoms. The van der Waals surface area contributed by atoms with E-state index < -0.39 is 0 Å². The lowest BCUT2D eigenvalue weighted by Gasteiger charge is -2.05. The van der Waals surface area contributed by atoms with Crippen molar-refractivity contribution < 1.29 is 4.79 Å². The van der Waals surface area contributed by atoms with Gasteiger partial charge in [-0.15, -0.1) is 11.6 Å². The van der Waals surface area contributed by atoms with Crippen molar-refractivity contribution in [2.24, 2.45) is 0 Å². The predicted molar refractivity (Wildman–Crippen MR) is 77.1 cm³/mol. The summed E-state index contributed by atoms with van der Waals surface area (Å²) < 4.78 is 1.67. The third-order valence-corrected chi connectivity index (χ3v) is 3.21. The van der Waals surface area contributed by atoms with Crippen molar-refractivity contribution in [1.82, 2.24) is 9.78 Å². The molecule has 0 bridgehead atoms. The summed E-state index contributed by atoms with van der Waals surface area (Å²) in [5.41, 5.74) is 0.893.